The van der Waals surface area contributed by atoms with Gasteiger partial charge in [0, 0.05) is 6.07 Å². The van der Waals surface area contributed by atoms with E-state index in [2.05, 4.69) is 0 Å². The summed E-state index contributed by atoms with van der Waals surface area (Å²) in [5.41, 5.74) is 5.36. The van der Waals surface area contributed by atoms with Crippen molar-refractivity contribution in [3.05, 3.63) is 53.1 Å². The molecule has 0 bridgehead atoms. The molecule has 0 amide bonds. The number of nitrogens with two attached hydrogens (primary N) is 1. The van der Waals surface area contributed by atoms with Gasteiger partial charge in [-0.25, -0.2) is 17.2 Å². The molecule has 2 aromatic carbocycles. The minimum Gasteiger partial charge on any atom is -0.397 e. The third-order valence-corrected chi connectivity index (χ3v) is 4.14. The zero-order chi connectivity index (χ0) is 14.9. The van der Waals surface area contributed by atoms with Crippen LogP contribution >= 0.6 is 11.6 Å². The molecule has 0 atom stereocenters. The van der Waals surface area contributed by atoms with E-state index in [1.54, 1.807) is 0 Å². The molecule has 0 fully saturated rings. The number of benzene rings is 2. The summed E-state index contributed by atoms with van der Waals surface area (Å²) in [5.74, 6) is -1.76. The van der Waals surface area contributed by atoms with Gasteiger partial charge in [0.15, 0.2) is 5.82 Å². The topological polar surface area (TPSA) is 72.2 Å². The Balaban J connectivity index is 2.46. The molecule has 0 unspecified atom stereocenters. The van der Waals surface area contributed by atoms with Crippen molar-refractivity contribution in [3.8, 4) is 0 Å². The third kappa shape index (κ3) is 2.83. The van der Waals surface area contributed by atoms with Crippen molar-refractivity contribution in [2.24, 2.45) is 0 Å². The van der Waals surface area contributed by atoms with Crippen LogP contribution in [0.4, 0.5) is 20.2 Å². The van der Waals surface area contributed by atoms with Crippen molar-refractivity contribution in [3.63, 3.8) is 0 Å². The maximum atomic E-state index is 13.7. The Bertz CT molecular complexity index is 766. The summed E-state index contributed by atoms with van der Waals surface area (Å²) in [5, 5.41) is -0.333. The first-order valence-corrected chi connectivity index (χ1v) is 7.19. The first-order valence-electron chi connectivity index (χ1n) is 5.33. The van der Waals surface area contributed by atoms with Gasteiger partial charge in [0.25, 0.3) is 10.0 Å². The Labute approximate surface area is 119 Å². The van der Waals surface area contributed by atoms with Gasteiger partial charge in [-0.1, -0.05) is 17.7 Å². The standard InChI is InChI=1S/C12H9ClF2N2O2S/c13-8-2-1-3-11(12(8)15)20(18,19)17-10-6-7(14)4-5-9(10)16/h1-6,17H,16H2. The molecule has 0 heterocycles. The second-order valence-corrected chi connectivity index (χ2v) is 5.95. The SMILES string of the molecule is Nc1ccc(F)cc1NS(=O)(=O)c1cccc(Cl)c1F. The largest absolute Gasteiger partial charge is 0.397 e. The highest BCUT2D eigenvalue weighted by Gasteiger charge is 2.21. The fraction of sp³-hybridized carbons (Fsp3) is 0. The average molecular weight is 319 g/mol. The Morgan fingerprint density at radius 1 is 1.15 bits per heavy atom. The van der Waals surface area contributed by atoms with Crippen LogP contribution in [0.2, 0.25) is 5.02 Å². The third-order valence-electron chi connectivity index (χ3n) is 2.47. The van der Waals surface area contributed by atoms with Gasteiger partial charge in [0.2, 0.25) is 0 Å². The summed E-state index contributed by atoms with van der Waals surface area (Å²) < 4.78 is 52.9. The van der Waals surface area contributed by atoms with E-state index in [0.717, 1.165) is 18.2 Å². The number of rotatable bonds is 3. The van der Waals surface area contributed by atoms with Crippen LogP contribution in [0.25, 0.3) is 0 Å². The van der Waals surface area contributed by atoms with E-state index < -0.39 is 26.6 Å². The second kappa shape index (κ2) is 5.26. The molecule has 0 aliphatic rings. The van der Waals surface area contributed by atoms with Crippen LogP contribution in [0, 0.1) is 11.6 Å². The normalized spacial score (nSPS) is 11.3. The summed E-state index contributed by atoms with van der Waals surface area (Å²) in [6.45, 7) is 0. The molecule has 2 rings (SSSR count). The molecule has 8 heteroatoms. The van der Waals surface area contributed by atoms with Crippen molar-refractivity contribution in [1.82, 2.24) is 0 Å². The summed E-state index contributed by atoms with van der Waals surface area (Å²) >= 11 is 5.53. The van der Waals surface area contributed by atoms with E-state index >= 15 is 0 Å². The van der Waals surface area contributed by atoms with Crippen molar-refractivity contribution < 1.29 is 17.2 Å². The van der Waals surface area contributed by atoms with E-state index in [-0.39, 0.29) is 16.4 Å². The van der Waals surface area contributed by atoms with Gasteiger partial charge in [0.1, 0.15) is 10.7 Å². The Morgan fingerprint density at radius 2 is 1.85 bits per heavy atom. The molecular formula is C12H9ClF2N2O2S. The molecule has 0 aromatic heterocycles. The van der Waals surface area contributed by atoms with Crippen LogP contribution in [0.3, 0.4) is 0 Å². The Morgan fingerprint density at radius 3 is 2.55 bits per heavy atom. The lowest BCUT2D eigenvalue weighted by molar-refractivity contribution is 0.570. The average Bonchev–Trinajstić information content (AvgIpc) is 2.36. The summed E-state index contributed by atoms with van der Waals surface area (Å²) in [7, 11) is -4.26. The number of hydrogen-bond donors (Lipinski definition) is 2. The Hall–Kier alpha value is -1.86. The van der Waals surface area contributed by atoms with E-state index in [1.165, 1.54) is 18.2 Å². The quantitative estimate of drug-likeness (QED) is 0.854. The van der Waals surface area contributed by atoms with Crippen LogP contribution in [0.1, 0.15) is 0 Å². The Kier molecular flexibility index (Phi) is 3.82. The molecule has 3 N–H and O–H groups in total. The van der Waals surface area contributed by atoms with Crippen LogP contribution < -0.4 is 10.5 Å². The van der Waals surface area contributed by atoms with Gasteiger partial charge in [-0.15, -0.1) is 0 Å². The van der Waals surface area contributed by atoms with E-state index in [9.17, 15) is 17.2 Å². The minimum atomic E-state index is -4.26. The predicted octanol–water partition coefficient (Wildman–Crippen LogP) is 3.00. The highest BCUT2D eigenvalue weighted by molar-refractivity contribution is 7.92. The van der Waals surface area contributed by atoms with Gasteiger partial charge in [-0.05, 0) is 24.3 Å². The van der Waals surface area contributed by atoms with Gasteiger partial charge in [-0.3, -0.25) is 4.72 Å². The second-order valence-electron chi connectivity index (χ2n) is 3.89. The van der Waals surface area contributed by atoms with Crippen molar-refractivity contribution in [2.45, 2.75) is 4.90 Å². The predicted molar refractivity (Wildman–Crippen MR) is 73.0 cm³/mol. The summed E-state index contributed by atoms with van der Waals surface area (Å²) in [4.78, 5) is -0.645. The fourth-order valence-electron chi connectivity index (χ4n) is 1.51. The highest BCUT2D eigenvalue weighted by atomic mass is 35.5. The molecule has 0 aliphatic heterocycles. The molecule has 20 heavy (non-hydrogen) atoms. The maximum Gasteiger partial charge on any atom is 0.264 e. The van der Waals surface area contributed by atoms with E-state index in [0.29, 0.717) is 0 Å². The first kappa shape index (κ1) is 14.5. The van der Waals surface area contributed by atoms with Crippen LogP contribution in [-0.2, 0) is 10.0 Å². The van der Waals surface area contributed by atoms with E-state index in [1.807, 2.05) is 4.72 Å². The molecule has 0 spiro atoms. The zero-order valence-electron chi connectivity index (χ0n) is 9.90. The van der Waals surface area contributed by atoms with Gasteiger partial charge in [0.05, 0.1) is 16.4 Å². The first-order chi connectivity index (χ1) is 9.31. The van der Waals surface area contributed by atoms with Crippen LogP contribution in [-0.4, -0.2) is 8.42 Å². The lowest BCUT2D eigenvalue weighted by Crippen LogP contribution is -2.16. The number of anilines is 2. The lowest BCUT2D eigenvalue weighted by Gasteiger charge is -2.11. The minimum absolute atomic E-state index is 0.0115. The van der Waals surface area contributed by atoms with Gasteiger partial charge >= 0.3 is 0 Å². The zero-order valence-corrected chi connectivity index (χ0v) is 11.5. The van der Waals surface area contributed by atoms with E-state index in [4.69, 9.17) is 17.3 Å². The number of sulfonamides is 1. The van der Waals surface area contributed by atoms with Crippen molar-refractivity contribution in [1.29, 1.82) is 0 Å². The molecule has 0 saturated heterocycles. The molecule has 0 aliphatic carbocycles. The van der Waals surface area contributed by atoms with Crippen molar-refractivity contribution >= 4 is 33.0 Å². The summed E-state index contributed by atoms with van der Waals surface area (Å²) in [6, 6.07) is 6.71. The fourth-order valence-corrected chi connectivity index (χ4v) is 2.92. The van der Waals surface area contributed by atoms with Gasteiger partial charge in [-0.2, -0.15) is 0 Å². The molecule has 2 aromatic rings. The molecule has 106 valence electrons. The lowest BCUT2D eigenvalue weighted by atomic mass is 10.3. The summed E-state index contributed by atoms with van der Waals surface area (Å²) in [6.07, 6.45) is 0. The number of hydrogen-bond acceptors (Lipinski definition) is 3. The highest BCUT2D eigenvalue weighted by Crippen LogP contribution is 2.26. The molecular weight excluding hydrogens is 310 g/mol. The molecule has 0 radical (unpaired) electrons. The van der Waals surface area contributed by atoms with Gasteiger partial charge < -0.3 is 5.73 Å². The van der Waals surface area contributed by atoms with Crippen molar-refractivity contribution in [2.75, 3.05) is 10.5 Å². The monoisotopic (exact) mass is 318 g/mol. The molecule has 0 saturated carbocycles. The maximum absolute atomic E-state index is 13.7. The smallest absolute Gasteiger partial charge is 0.264 e. The van der Waals surface area contributed by atoms with Crippen LogP contribution in [0.5, 0.6) is 0 Å². The number of halogens is 3. The number of nitrogens with one attached hydrogen (secondary N) is 1. The van der Waals surface area contributed by atoms with Crippen LogP contribution in [0.15, 0.2) is 41.3 Å². The number of nitrogen functional groups attached to an aromatic ring is 1. The molecule has 4 nitrogen and oxygen atoms in total.